The van der Waals surface area contributed by atoms with Crippen LogP contribution in [0.15, 0.2) is 60.7 Å². The maximum Gasteiger partial charge on any atom is 0.415 e. The molecule has 0 radical (unpaired) electrons. The Kier molecular flexibility index (Phi) is 4.93. The minimum atomic E-state index is -0.944. The van der Waals surface area contributed by atoms with Crippen LogP contribution in [0.3, 0.4) is 0 Å². The molecule has 1 N–H and O–H groups in total. The van der Waals surface area contributed by atoms with Gasteiger partial charge in [0.1, 0.15) is 0 Å². The Bertz CT molecular complexity index is 1100. The molecule has 1 heterocycles. The van der Waals surface area contributed by atoms with Crippen LogP contribution in [0.25, 0.3) is 0 Å². The van der Waals surface area contributed by atoms with E-state index in [0.717, 1.165) is 33.8 Å². The second-order valence-electron chi connectivity index (χ2n) is 7.29. The highest BCUT2D eigenvalue weighted by atomic mass is 35.5. The fraction of sp³-hybridized carbons (Fsp3) is 0.174. The summed E-state index contributed by atoms with van der Waals surface area (Å²) >= 11 is 12.2. The molecule has 1 atom stereocenters. The summed E-state index contributed by atoms with van der Waals surface area (Å²) in [6.07, 6.45) is -0.395. The smallest absolute Gasteiger partial charge is 0.415 e. The van der Waals surface area contributed by atoms with Crippen molar-refractivity contribution in [2.75, 3.05) is 17.3 Å². The molecule has 0 bridgehead atoms. The molecule has 4 nitrogen and oxygen atoms in total. The highest BCUT2D eigenvalue weighted by Gasteiger charge is 2.42. The molecule has 1 aliphatic heterocycles. The van der Waals surface area contributed by atoms with Crippen molar-refractivity contribution in [2.45, 2.75) is 19.4 Å². The molecule has 6 heteroatoms. The molecule has 0 fully saturated rings. The third-order valence-corrected chi connectivity index (χ3v) is 5.71. The Morgan fingerprint density at radius 2 is 1.69 bits per heavy atom. The van der Waals surface area contributed by atoms with E-state index in [2.05, 4.69) is 5.32 Å². The zero-order valence-corrected chi connectivity index (χ0v) is 17.8. The van der Waals surface area contributed by atoms with Gasteiger partial charge in [-0.2, -0.15) is 0 Å². The Morgan fingerprint density at radius 3 is 2.38 bits per heavy atom. The third-order valence-electron chi connectivity index (χ3n) is 5.22. The summed E-state index contributed by atoms with van der Waals surface area (Å²) in [6.45, 7) is 3.89. The topological polar surface area (TPSA) is 41.6 Å². The average molecular weight is 427 g/mol. The van der Waals surface area contributed by atoms with E-state index in [0.29, 0.717) is 10.0 Å². The van der Waals surface area contributed by atoms with Crippen molar-refractivity contribution in [1.29, 1.82) is 0 Å². The lowest BCUT2D eigenvalue weighted by atomic mass is 9.84. The van der Waals surface area contributed by atoms with Crippen molar-refractivity contribution in [3.05, 3.63) is 87.4 Å². The Balaban J connectivity index is 1.86. The van der Waals surface area contributed by atoms with E-state index in [4.69, 9.17) is 27.9 Å². The minimum absolute atomic E-state index is 0.395. The second-order valence-corrected chi connectivity index (χ2v) is 8.16. The predicted molar refractivity (Wildman–Crippen MR) is 119 cm³/mol. The number of hydrogen-bond acceptors (Lipinski definition) is 3. The van der Waals surface area contributed by atoms with Crippen molar-refractivity contribution in [1.82, 2.24) is 0 Å². The van der Waals surface area contributed by atoms with Gasteiger partial charge in [0.05, 0.1) is 5.69 Å². The van der Waals surface area contributed by atoms with Gasteiger partial charge in [0.15, 0.2) is 5.60 Å². The molecule has 4 rings (SSSR count). The maximum absolute atomic E-state index is 12.6. The molecule has 1 aliphatic rings. The number of nitrogens with one attached hydrogen (secondary N) is 1. The molecule has 0 aliphatic carbocycles. The first-order valence-electron chi connectivity index (χ1n) is 9.18. The van der Waals surface area contributed by atoms with Crippen LogP contribution in [0.4, 0.5) is 21.9 Å². The molecule has 3 aromatic rings. The van der Waals surface area contributed by atoms with Crippen molar-refractivity contribution < 1.29 is 9.53 Å². The van der Waals surface area contributed by atoms with Gasteiger partial charge in [0, 0.05) is 39.6 Å². The van der Waals surface area contributed by atoms with E-state index in [1.807, 2.05) is 62.4 Å². The van der Waals surface area contributed by atoms with E-state index in [9.17, 15) is 4.79 Å². The number of benzene rings is 3. The van der Waals surface area contributed by atoms with Crippen LogP contribution in [0.2, 0.25) is 10.0 Å². The first kappa shape index (κ1) is 19.6. The lowest BCUT2D eigenvalue weighted by molar-refractivity contribution is 0.0523. The molecule has 29 heavy (non-hydrogen) atoms. The summed E-state index contributed by atoms with van der Waals surface area (Å²) in [5, 5.41) is 4.68. The summed E-state index contributed by atoms with van der Waals surface area (Å²) in [5.41, 5.74) is 4.37. The maximum atomic E-state index is 12.6. The SMILES string of the molecule is Cc1cc(Nc2cccc(Cl)c2)cc2c1N(C)C(=O)OC2(C)c1ccc(Cl)cc1. The molecule has 0 saturated heterocycles. The standard InChI is InChI=1S/C23H20Cl2N2O2/c1-14-11-19(26-18-6-4-5-17(25)12-18)13-20-21(14)27(3)22(28)29-23(20,2)15-7-9-16(24)10-8-15/h4-13,26H,1-3H3. The molecule has 1 amide bonds. The number of nitrogens with zero attached hydrogens (tertiary/aromatic N) is 1. The zero-order chi connectivity index (χ0) is 20.8. The monoisotopic (exact) mass is 426 g/mol. The lowest BCUT2D eigenvalue weighted by Gasteiger charge is -2.40. The van der Waals surface area contributed by atoms with Gasteiger partial charge in [-0.15, -0.1) is 0 Å². The van der Waals surface area contributed by atoms with E-state index in [1.165, 1.54) is 0 Å². The van der Waals surface area contributed by atoms with Crippen LogP contribution < -0.4 is 10.2 Å². The highest BCUT2D eigenvalue weighted by Crippen LogP contribution is 2.46. The van der Waals surface area contributed by atoms with Crippen molar-refractivity contribution in [3.63, 3.8) is 0 Å². The first-order chi connectivity index (χ1) is 13.8. The van der Waals surface area contributed by atoms with Crippen LogP contribution in [0, 0.1) is 6.92 Å². The third kappa shape index (κ3) is 3.54. The number of hydrogen-bond donors (Lipinski definition) is 1. The summed E-state index contributed by atoms with van der Waals surface area (Å²) < 4.78 is 5.91. The highest BCUT2D eigenvalue weighted by molar-refractivity contribution is 6.31. The van der Waals surface area contributed by atoms with Gasteiger partial charge in [0.2, 0.25) is 0 Å². The van der Waals surface area contributed by atoms with Crippen molar-refractivity contribution >= 4 is 46.4 Å². The number of carbonyl (C=O) groups is 1. The number of cyclic esters (lactones) is 1. The molecular formula is C23H20Cl2N2O2. The summed E-state index contributed by atoms with van der Waals surface area (Å²) in [7, 11) is 1.72. The molecule has 0 aromatic heterocycles. The van der Waals surface area contributed by atoms with E-state index < -0.39 is 11.7 Å². The number of carbonyl (C=O) groups excluding carboxylic acids is 1. The number of ether oxygens (including phenoxy) is 1. The van der Waals surface area contributed by atoms with Crippen LogP contribution in [-0.4, -0.2) is 13.1 Å². The Labute approximate surface area is 180 Å². The van der Waals surface area contributed by atoms with Gasteiger partial charge in [-0.1, -0.05) is 41.4 Å². The van der Waals surface area contributed by atoms with Crippen LogP contribution >= 0.6 is 23.2 Å². The van der Waals surface area contributed by atoms with E-state index in [1.54, 1.807) is 24.1 Å². The normalized spacial score (nSPS) is 18.2. The van der Waals surface area contributed by atoms with Gasteiger partial charge in [-0.3, -0.25) is 4.90 Å². The number of rotatable bonds is 3. The summed E-state index contributed by atoms with van der Waals surface area (Å²) in [5.74, 6) is 0. The van der Waals surface area contributed by atoms with Gasteiger partial charge in [-0.05, 0) is 61.9 Å². The molecule has 1 unspecified atom stereocenters. The van der Waals surface area contributed by atoms with E-state index >= 15 is 0 Å². The summed E-state index contributed by atoms with van der Waals surface area (Å²) in [6, 6.07) is 18.9. The fourth-order valence-electron chi connectivity index (χ4n) is 3.77. The number of anilines is 3. The molecular weight excluding hydrogens is 407 g/mol. The number of aryl methyl sites for hydroxylation is 1. The van der Waals surface area contributed by atoms with Crippen molar-refractivity contribution in [3.8, 4) is 0 Å². The average Bonchev–Trinajstić information content (AvgIpc) is 2.66. The first-order valence-corrected chi connectivity index (χ1v) is 9.94. The second kappa shape index (κ2) is 7.29. The molecule has 3 aromatic carbocycles. The molecule has 0 spiro atoms. The quantitative estimate of drug-likeness (QED) is 0.495. The lowest BCUT2D eigenvalue weighted by Crippen LogP contribution is -2.43. The van der Waals surface area contributed by atoms with Gasteiger partial charge >= 0.3 is 6.09 Å². The Morgan fingerprint density at radius 1 is 0.966 bits per heavy atom. The number of amides is 1. The molecule has 148 valence electrons. The van der Waals surface area contributed by atoms with Gasteiger partial charge in [-0.25, -0.2) is 4.79 Å². The zero-order valence-electron chi connectivity index (χ0n) is 16.3. The van der Waals surface area contributed by atoms with Crippen LogP contribution in [0.1, 0.15) is 23.6 Å². The Hall–Kier alpha value is -2.69. The summed E-state index contributed by atoms with van der Waals surface area (Å²) in [4.78, 5) is 14.2. The molecule has 0 saturated carbocycles. The number of halogens is 2. The predicted octanol–water partition coefficient (Wildman–Crippen LogP) is 6.90. The van der Waals surface area contributed by atoms with Gasteiger partial charge in [0.25, 0.3) is 0 Å². The van der Waals surface area contributed by atoms with Crippen LogP contribution in [-0.2, 0) is 10.3 Å². The number of fused-ring (bicyclic) bond motifs is 1. The fourth-order valence-corrected chi connectivity index (χ4v) is 4.08. The van der Waals surface area contributed by atoms with Crippen molar-refractivity contribution in [2.24, 2.45) is 0 Å². The minimum Gasteiger partial charge on any atom is -0.433 e. The largest absolute Gasteiger partial charge is 0.433 e. The van der Waals surface area contributed by atoms with Gasteiger partial charge < -0.3 is 10.1 Å². The van der Waals surface area contributed by atoms with E-state index in [-0.39, 0.29) is 0 Å². The van der Waals surface area contributed by atoms with Crippen LogP contribution in [0.5, 0.6) is 0 Å².